The summed E-state index contributed by atoms with van der Waals surface area (Å²) in [5.74, 6) is 1.25. The summed E-state index contributed by atoms with van der Waals surface area (Å²) in [6.07, 6.45) is 4.54. The Balaban J connectivity index is 1.43. The number of nitrogens with zero attached hydrogens (tertiary/aromatic N) is 3. The number of H-pyrrole nitrogens is 1. The van der Waals surface area contributed by atoms with E-state index in [0.29, 0.717) is 18.2 Å². The molecule has 0 spiro atoms. The van der Waals surface area contributed by atoms with Gasteiger partial charge in [0.1, 0.15) is 0 Å². The van der Waals surface area contributed by atoms with Crippen molar-refractivity contribution in [3.05, 3.63) is 41.5 Å². The number of hydrogen-bond acceptors (Lipinski definition) is 4. The van der Waals surface area contributed by atoms with Gasteiger partial charge in [0.15, 0.2) is 0 Å². The molecule has 1 heterocycles. The van der Waals surface area contributed by atoms with Crippen LogP contribution in [-0.2, 0) is 11.2 Å². The average molecular weight is 309 g/mol. The molecule has 2 N–H and O–H groups in total. The summed E-state index contributed by atoms with van der Waals surface area (Å²) in [5, 5.41) is 17.3. The molecule has 0 saturated heterocycles. The van der Waals surface area contributed by atoms with Crippen LogP contribution in [0.25, 0.3) is 11.4 Å². The van der Waals surface area contributed by atoms with Gasteiger partial charge in [-0.1, -0.05) is 24.3 Å². The molecule has 0 bridgehead atoms. The summed E-state index contributed by atoms with van der Waals surface area (Å²) in [4.78, 5) is 12.2. The summed E-state index contributed by atoms with van der Waals surface area (Å²) in [5.41, 5.74) is 4.69. The van der Waals surface area contributed by atoms with E-state index >= 15 is 0 Å². The van der Waals surface area contributed by atoms with Gasteiger partial charge in [0, 0.05) is 12.0 Å². The van der Waals surface area contributed by atoms with E-state index in [1.54, 1.807) is 0 Å². The first-order valence-corrected chi connectivity index (χ1v) is 8.01. The first-order valence-electron chi connectivity index (χ1n) is 8.01. The molecule has 1 aromatic heterocycles. The maximum Gasteiger partial charge on any atom is 0.220 e. The Hall–Kier alpha value is -2.50. The average Bonchev–Trinajstić information content (AvgIpc) is 3.15. The largest absolute Gasteiger partial charge is 0.349 e. The maximum absolute atomic E-state index is 12.2. The maximum atomic E-state index is 12.2. The fourth-order valence-electron chi connectivity index (χ4n) is 3.61. The number of nitrogens with one attached hydrogen (secondary N) is 2. The third-order valence-corrected chi connectivity index (χ3v) is 4.79. The van der Waals surface area contributed by atoms with E-state index in [1.165, 1.54) is 16.7 Å². The van der Waals surface area contributed by atoms with E-state index in [2.05, 4.69) is 44.7 Å². The number of aryl methyl sites for hydroxylation is 1. The van der Waals surface area contributed by atoms with Crippen LogP contribution in [0.3, 0.4) is 0 Å². The van der Waals surface area contributed by atoms with Crippen LogP contribution in [-0.4, -0.2) is 26.5 Å². The molecule has 23 heavy (non-hydrogen) atoms. The Kier molecular flexibility index (Phi) is 3.44. The predicted octanol–water partition coefficient (Wildman–Crippen LogP) is 2.33. The van der Waals surface area contributed by atoms with Crippen molar-refractivity contribution < 1.29 is 4.79 Å². The molecule has 6 nitrogen and oxygen atoms in total. The summed E-state index contributed by atoms with van der Waals surface area (Å²) < 4.78 is 0. The van der Waals surface area contributed by atoms with Crippen LogP contribution in [0.5, 0.6) is 0 Å². The number of carbonyl (C=O) groups is 1. The number of hydrogen-bond donors (Lipinski definition) is 2. The SMILES string of the molecule is C=C1CC(CC(=O)NC2CCc3cc(-c4nn[nH]n4)ccc32)C1. The quantitative estimate of drug-likeness (QED) is 0.849. The lowest BCUT2D eigenvalue weighted by molar-refractivity contribution is -0.123. The Labute approximate surface area is 134 Å². The van der Waals surface area contributed by atoms with E-state index in [-0.39, 0.29) is 11.9 Å². The second-order valence-corrected chi connectivity index (χ2v) is 6.54. The van der Waals surface area contributed by atoms with E-state index in [4.69, 9.17) is 0 Å². The molecule has 2 aliphatic rings. The van der Waals surface area contributed by atoms with Gasteiger partial charge in [-0.15, -0.1) is 10.2 Å². The predicted molar refractivity (Wildman–Crippen MR) is 85.3 cm³/mol. The smallest absolute Gasteiger partial charge is 0.220 e. The molecular weight excluding hydrogens is 290 g/mol. The van der Waals surface area contributed by atoms with Crippen molar-refractivity contribution in [2.45, 2.75) is 38.1 Å². The van der Waals surface area contributed by atoms with Gasteiger partial charge in [0.2, 0.25) is 11.7 Å². The zero-order chi connectivity index (χ0) is 15.8. The Morgan fingerprint density at radius 1 is 1.39 bits per heavy atom. The molecule has 1 saturated carbocycles. The second kappa shape index (κ2) is 5.61. The lowest BCUT2D eigenvalue weighted by Crippen LogP contribution is -2.30. The van der Waals surface area contributed by atoms with Crippen molar-refractivity contribution in [3.8, 4) is 11.4 Å². The molecule has 0 radical (unpaired) electrons. The number of aromatic nitrogens is 4. The minimum atomic E-state index is 0.125. The number of amides is 1. The van der Waals surface area contributed by atoms with Crippen molar-refractivity contribution in [1.82, 2.24) is 25.9 Å². The van der Waals surface area contributed by atoms with Gasteiger partial charge in [0.25, 0.3) is 0 Å². The molecule has 1 fully saturated rings. The van der Waals surface area contributed by atoms with Gasteiger partial charge < -0.3 is 5.32 Å². The topological polar surface area (TPSA) is 83.6 Å². The van der Waals surface area contributed by atoms with Crippen molar-refractivity contribution in [2.75, 3.05) is 0 Å². The summed E-state index contributed by atoms with van der Waals surface area (Å²) in [7, 11) is 0. The normalized spacial score (nSPS) is 20.2. The number of benzene rings is 1. The molecule has 4 rings (SSSR count). The van der Waals surface area contributed by atoms with Crippen LogP contribution in [0.4, 0.5) is 0 Å². The standard InChI is InChI=1S/C17H19N5O/c1-10-6-11(7-10)8-16(23)18-15-5-3-12-9-13(2-4-14(12)15)17-19-21-22-20-17/h2,4,9,11,15H,1,3,5-8H2,(H,18,23)(H,19,20,21,22). The summed E-state index contributed by atoms with van der Waals surface area (Å²) >= 11 is 0. The van der Waals surface area contributed by atoms with Crippen LogP contribution in [0.1, 0.15) is 42.9 Å². The van der Waals surface area contributed by atoms with Gasteiger partial charge in [-0.25, -0.2) is 0 Å². The van der Waals surface area contributed by atoms with E-state index in [0.717, 1.165) is 31.2 Å². The van der Waals surface area contributed by atoms with Gasteiger partial charge in [-0.2, -0.15) is 5.21 Å². The highest BCUT2D eigenvalue weighted by atomic mass is 16.1. The van der Waals surface area contributed by atoms with Gasteiger partial charge in [-0.3, -0.25) is 4.79 Å². The van der Waals surface area contributed by atoms with E-state index < -0.39 is 0 Å². The van der Waals surface area contributed by atoms with Crippen molar-refractivity contribution in [3.63, 3.8) is 0 Å². The Morgan fingerprint density at radius 2 is 2.26 bits per heavy atom. The van der Waals surface area contributed by atoms with Crippen LogP contribution < -0.4 is 5.32 Å². The lowest BCUT2D eigenvalue weighted by atomic mass is 9.79. The van der Waals surface area contributed by atoms with Crippen LogP contribution in [0.2, 0.25) is 0 Å². The first kappa shape index (κ1) is 14.1. The number of rotatable bonds is 4. The van der Waals surface area contributed by atoms with Crippen LogP contribution in [0.15, 0.2) is 30.4 Å². The zero-order valence-electron chi connectivity index (χ0n) is 12.9. The fraction of sp³-hybridized carbons (Fsp3) is 0.412. The van der Waals surface area contributed by atoms with Gasteiger partial charge in [0.05, 0.1) is 6.04 Å². The molecule has 1 atom stereocenters. The Bertz CT molecular complexity index is 744. The molecule has 1 unspecified atom stereocenters. The highest BCUT2D eigenvalue weighted by Gasteiger charge is 2.28. The zero-order valence-corrected chi connectivity index (χ0v) is 12.9. The summed E-state index contributed by atoms with van der Waals surface area (Å²) in [6, 6.07) is 6.29. The van der Waals surface area contributed by atoms with Crippen molar-refractivity contribution in [1.29, 1.82) is 0 Å². The molecule has 0 aliphatic heterocycles. The fourth-order valence-corrected chi connectivity index (χ4v) is 3.61. The number of carbonyl (C=O) groups excluding carboxylic acids is 1. The lowest BCUT2D eigenvalue weighted by Gasteiger charge is -2.28. The van der Waals surface area contributed by atoms with E-state index in [1.807, 2.05) is 6.07 Å². The number of aromatic amines is 1. The first-order chi connectivity index (χ1) is 11.2. The third kappa shape index (κ3) is 2.76. The molecular formula is C17H19N5O. The number of fused-ring (bicyclic) bond motifs is 1. The van der Waals surface area contributed by atoms with Crippen LogP contribution >= 0.6 is 0 Å². The van der Waals surface area contributed by atoms with Gasteiger partial charge in [-0.05, 0) is 54.0 Å². The third-order valence-electron chi connectivity index (χ3n) is 4.79. The van der Waals surface area contributed by atoms with Crippen molar-refractivity contribution in [2.24, 2.45) is 5.92 Å². The van der Waals surface area contributed by atoms with Crippen LogP contribution in [0, 0.1) is 5.92 Å². The second-order valence-electron chi connectivity index (χ2n) is 6.54. The molecule has 6 heteroatoms. The molecule has 1 amide bonds. The monoisotopic (exact) mass is 309 g/mol. The number of allylic oxidation sites excluding steroid dienone is 1. The minimum Gasteiger partial charge on any atom is -0.349 e. The minimum absolute atomic E-state index is 0.125. The molecule has 2 aliphatic carbocycles. The molecule has 1 aromatic carbocycles. The highest BCUT2D eigenvalue weighted by Crippen LogP contribution is 2.36. The van der Waals surface area contributed by atoms with Crippen molar-refractivity contribution >= 4 is 5.91 Å². The van der Waals surface area contributed by atoms with Gasteiger partial charge >= 0.3 is 0 Å². The molecule has 118 valence electrons. The Morgan fingerprint density at radius 3 is 3.00 bits per heavy atom. The summed E-state index contributed by atoms with van der Waals surface area (Å²) in [6.45, 7) is 3.93. The van der Waals surface area contributed by atoms with E-state index in [9.17, 15) is 4.79 Å². The highest BCUT2D eigenvalue weighted by molar-refractivity contribution is 5.77. The molecule has 2 aromatic rings. The number of tetrazole rings is 1.